The molecule has 25 heavy (non-hydrogen) atoms. The highest BCUT2D eigenvalue weighted by Crippen LogP contribution is 2.33. The van der Waals surface area contributed by atoms with E-state index in [1.165, 1.54) is 4.68 Å². The summed E-state index contributed by atoms with van der Waals surface area (Å²) in [6.07, 6.45) is -3.33. The van der Waals surface area contributed by atoms with Gasteiger partial charge in [0.15, 0.2) is 11.6 Å². The summed E-state index contributed by atoms with van der Waals surface area (Å²) in [5, 5.41) is 4.88. The van der Waals surface area contributed by atoms with Crippen molar-refractivity contribution < 1.29 is 22.3 Å². The third-order valence-electron chi connectivity index (χ3n) is 3.32. The minimum Gasteiger partial charge on any atom is -0.422 e. The SMILES string of the molecule is Fc1cnc(Oc2cccc3c(Br)nn(CCCC(F)(F)F)c23)nc1. The van der Waals surface area contributed by atoms with Gasteiger partial charge in [0.05, 0.1) is 12.4 Å². The quantitative estimate of drug-likeness (QED) is 0.555. The number of ether oxygens (including phenoxy) is 1. The number of aryl methyl sites for hydroxylation is 1. The van der Waals surface area contributed by atoms with E-state index in [1.54, 1.807) is 18.2 Å². The summed E-state index contributed by atoms with van der Waals surface area (Å²) in [7, 11) is 0. The summed E-state index contributed by atoms with van der Waals surface area (Å²) in [6, 6.07) is 5.00. The molecular weight excluding hydrogens is 408 g/mol. The van der Waals surface area contributed by atoms with Crippen LogP contribution in [0.3, 0.4) is 0 Å². The van der Waals surface area contributed by atoms with Gasteiger partial charge in [0.2, 0.25) is 0 Å². The molecule has 0 bridgehead atoms. The van der Waals surface area contributed by atoms with Crippen molar-refractivity contribution in [3.63, 3.8) is 0 Å². The van der Waals surface area contributed by atoms with Crippen LogP contribution in [0.2, 0.25) is 0 Å². The lowest BCUT2D eigenvalue weighted by Crippen LogP contribution is -2.10. The van der Waals surface area contributed by atoms with Gasteiger partial charge in [-0.25, -0.2) is 14.4 Å². The molecule has 10 heteroatoms. The van der Waals surface area contributed by atoms with Gasteiger partial charge in [-0.3, -0.25) is 4.68 Å². The summed E-state index contributed by atoms with van der Waals surface area (Å²) in [4.78, 5) is 7.43. The maximum absolute atomic E-state index is 12.9. The largest absolute Gasteiger partial charge is 0.422 e. The molecule has 2 heterocycles. The molecule has 0 aliphatic rings. The number of aromatic nitrogens is 4. The summed E-state index contributed by atoms with van der Waals surface area (Å²) < 4.78 is 57.5. The first-order chi connectivity index (χ1) is 11.8. The van der Waals surface area contributed by atoms with Gasteiger partial charge in [0.1, 0.15) is 10.1 Å². The minimum absolute atomic E-state index is 0.0618. The van der Waals surface area contributed by atoms with Gasteiger partial charge < -0.3 is 4.74 Å². The Morgan fingerprint density at radius 3 is 2.56 bits per heavy atom. The average Bonchev–Trinajstić information content (AvgIpc) is 2.86. The lowest BCUT2D eigenvalue weighted by molar-refractivity contribution is -0.135. The molecule has 1 aromatic carbocycles. The van der Waals surface area contributed by atoms with E-state index < -0.39 is 18.4 Å². The van der Waals surface area contributed by atoms with E-state index in [0.717, 1.165) is 12.4 Å². The van der Waals surface area contributed by atoms with Crippen molar-refractivity contribution in [2.45, 2.75) is 25.6 Å². The number of para-hydroxylation sites is 1. The van der Waals surface area contributed by atoms with E-state index >= 15 is 0 Å². The Balaban J connectivity index is 1.91. The Morgan fingerprint density at radius 2 is 1.88 bits per heavy atom. The maximum Gasteiger partial charge on any atom is 0.389 e. The number of rotatable bonds is 5. The van der Waals surface area contributed by atoms with Crippen molar-refractivity contribution >= 4 is 26.8 Å². The maximum atomic E-state index is 12.9. The fourth-order valence-corrected chi connectivity index (χ4v) is 2.80. The first kappa shape index (κ1) is 17.6. The lowest BCUT2D eigenvalue weighted by Gasteiger charge is -2.09. The van der Waals surface area contributed by atoms with Crippen LogP contribution < -0.4 is 4.74 Å². The van der Waals surface area contributed by atoms with E-state index in [-0.39, 0.29) is 19.0 Å². The van der Waals surface area contributed by atoms with Crippen molar-refractivity contribution in [1.82, 2.24) is 19.7 Å². The summed E-state index contributed by atoms with van der Waals surface area (Å²) >= 11 is 3.29. The molecule has 132 valence electrons. The third kappa shape index (κ3) is 4.25. The Kier molecular flexibility index (Phi) is 4.89. The number of halogens is 5. The van der Waals surface area contributed by atoms with Crippen LogP contribution in [0.15, 0.2) is 35.2 Å². The van der Waals surface area contributed by atoms with E-state index in [2.05, 4.69) is 31.0 Å². The molecule has 0 N–H and O–H groups in total. The first-order valence-electron chi connectivity index (χ1n) is 7.21. The number of alkyl halides is 3. The van der Waals surface area contributed by atoms with Gasteiger partial charge >= 0.3 is 12.2 Å². The highest BCUT2D eigenvalue weighted by atomic mass is 79.9. The fourth-order valence-electron chi connectivity index (χ4n) is 2.29. The second kappa shape index (κ2) is 6.95. The van der Waals surface area contributed by atoms with E-state index in [9.17, 15) is 17.6 Å². The van der Waals surface area contributed by atoms with Crippen LogP contribution in [0.4, 0.5) is 17.6 Å². The molecule has 2 aromatic heterocycles. The zero-order valence-electron chi connectivity index (χ0n) is 12.6. The van der Waals surface area contributed by atoms with Crippen molar-refractivity contribution in [2.75, 3.05) is 0 Å². The molecule has 0 aliphatic heterocycles. The Labute approximate surface area is 147 Å². The zero-order valence-corrected chi connectivity index (χ0v) is 14.2. The molecule has 3 aromatic rings. The van der Waals surface area contributed by atoms with E-state index in [4.69, 9.17) is 4.74 Å². The van der Waals surface area contributed by atoms with Crippen LogP contribution in [0.1, 0.15) is 12.8 Å². The van der Waals surface area contributed by atoms with Crippen molar-refractivity contribution in [3.8, 4) is 11.8 Å². The van der Waals surface area contributed by atoms with Crippen molar-refractivity contribution in [1.29, 1.82) is 0 Å². The minimum atomic E-state index is -4.22. The number of nitrogens with zero attached hydrogens (tertiary/aromatic N) is 4. The summed E-state index contributed by atoms with van der Waals surface area (Å²) in [5.41, 5.74) is 0.504. The number of hydrogen-bond donors (Lipinski definition) is 0. The van der Waals surface area contributed by atoms with Crippen LogP contribution in [-0.4, -0.2) is 25.9 Å². The second-order valence-electron chi connectivity index (χ2n) is 5.17. The van der Waals surface area contributed by atoms with Crippen LogP contribution in [0.5, 0.6) is 11.8 Å². The predicted octanol–water partition coefficient (Wildman–Crippen LogP) is 4.86. The smallest absolute Gasteiger partial charge is 0.389 e. The van der Waals surface area contributed by atoms with Crippen LogP contribution >= 0.6 is 15.9 Å². The normalized spacial score (nSPS) is 11.9. The molecule has 0 fully saturated rings. The number of fused-ring (bicyclic) bond motifs is 1. The second-order valence-corrected chi connectivity index (χ2v) is 5.92. The van der Waals surface area contributed by atoms with Gasteiger partial charge in [-0.05, 0) is 34.5 Å². The molecule has 0 saturated carbocycles. The van der Waals surface area contributed by atoms with Gasteiger partial charge in [-0.1, -0.05) is 6.07 Å². The van der Waals surface area contributed by atoms with Gasteiger partial charge in [-0.2, -0.15) is 18.3 Å². The van der Waals surface area contributed by atoms with Crippen LogP contribution in [-0.2, 0) is 6.54 Å². The topological polar surface area (TPSA) is 52.8 Å². The summed E-state index contributed by atoms with van der Waals surface area (Å²) in [6.45, 7) is 0.0618. The molecule has 5 nitrogen and oxygen atoms in total. The molecule has 3 rings (SSSR count). The van der Waals surface area contributed by atoms with Gasteiger partial charge in [0, 0.05) is 18.4 Å². The van der Waals surface area contributed by atoms with Crippen molar-refractivity contribution in [2.24, 2.45) is 0 Å². The molecule has 0 amide bonds. The fraction of sp³-hybridized carbons (Fsp3) is 0.267. The van der Waals surface area contributed by atoms with E-state index in [1.807, 2.05) is 0 Å². The van der Waals surface area contributed by atoms with Crippen LogP contribution in [0, 0.1) is 5.82 Å². The standard InChI is InChI=1S/C15H11BrF4N4O/c16-13-10-3-1-4-11(25-14-21-7-9(17)8-22-14)12(10)24(23-13)6-2-5-15(18,19)20/h1,3-4,7-8H,2,5-6H2. The average molecular weight is 419 g/mol. The summed E-state index contributed by atoms with van der Waals surface area (Å²) in [5.74, 6) is -0.292. The van der Waals surface area contributed by atoms with E-state index in [0.29, 0.717) is 21.3 Å². The Bertz CT molecular complexity index is 880. The van der Waals surface area contributed by atoms with Gasteiger partial charge in [-0.15, -0.1) is 0 Å². The van der Waals surface area contributed by atoms with Gasteiger partial charge in [0.25, 0.3) is 0 Å². The highest BCUT2D eigenvalue weighted by molar-refractivity contribution is 9.10. The van der Waals surface area contributed by atoms with Crippen molar-refractivity contribution in [3.05, 3.63) is 41.0 Å². The Morgan fingerprint density at radius 1 is 1.16 bits per heavy atom. The molecule has 0 aliphatic carbocycles. The third-order valence-corrected chi connectivity index (χ3v) is 3.90. The lowest BCUT2D eigenvalue weighted by atomic mass is 10.2. The highest BCUT2D eigenvalue weighted by Gasteiger charge is 2.26. The molecule has 0 unspecified atom stereocenters. The Hall–Kier alpha value is -2.23. The molecular formula is C15H11BrF4N4O. The number of benzene rings is 1. The van der Waals surface area contributed by atoms with Crippen LogP contribution in [0.25, 0.3) is 10.9 Å². The zero-order chi connectivity index (χ0) is 18.0. The first-order valence-corrected chi connectivity index (χ1v) is 8.00. The molecule has 0 saturated heterocycles. The molecule has 0 atom stereocenters. The monoisotopic (exact) mass is 418 g/mol. The predicted molar refractivity (Wildman–Crippen MR) is 84.8 cm³/mol. The molecule has 0 radical (unpaired) electrons. The number of hydrogen-bond acceptors (Lipinski definition) is 4. The molecule has 0 spiro atoms.